The fourth-order valence-corrected chi connectivity index (χ4v) is 3.08. The Morgan fingerprint density at radius 2 is 1.73 bits per heavy atom. The van der Waals surface area contributed by atoms with Crippen LogP contribution < -0.4 is 0 Å². The van der Waals surface area contributed by atoms with Crippen LogP contribution in [0, 0.1) is 17.4 Å². The van der Waals surface area contributed by atoms with Crippen molar-refractivity contribution in [2.24, 2.45) is 4.99 Å². The van der Waals surface area contributed by atoms with Crippen molar-refractivity contribution >= 4 is 45.6 Å². The highest BCUT2D eigenvalue weighted by Gasteiger charge is 2.10. The van der Waals surface area contributed by atoms with Gasteiger partial charge in [0.2, 0.25) is 5.89 Å². The Hall–Kier alpha value is -2.47. The van der Waals surface area contributed by atoms with Gasteiger partial charge in [-0.25, -0.2) is 4.98 Å². The third kappa shape index (κ3) is 3.55. The van der Waals surface area contributed by atoms with Gasteiger partial charge >= 0.3 is 0 Å². The van der Waals surface area contributed by atoms with Crippen molar-refractivity contribution in [3.8, 4) is 11.5 Å². The molecule has 1 heterocycles. The van der Waals surface area contributed by atoms with E-state index in [-0.39, 0.29) is 0 Å². The molecule has 0 amide bonds. The Morgan fingerprint density at radius 3 is 2.54 bits per heavy atom. The fourth-order valence-electron chi connectivity index (χ4n) is 2.72. The molecule has 4 heteroatoms. The zero-order valence-corrected chi connectivity index (χ0v) is 16.7. The number of benzene rings is 3. The number of aliphatic imine (C=N–C) groups is 1. The maximum Gasteiger partial charge on any atom is 0.227 e. The number of aromatic nitrogens is 1. The topological polar surface area (TPSA) is 38.4 Å². The van der Waals surface area contributed by atoms with Gasteiger partial charge in [-0.15, -0.1) is 0 Å². The van der Waals surface area contributed by atoms with E-state index in [9.17, 15) is 0 Å². The fraction of sp³-hybridized carbons (Fsp3) is 0.0909. The minimum atomic E-state index is 0.622. The molecule has 0 spiro atoms. The normalized spacial score (nSPS) is 11.5. The lowest BCUT2D eigenvalue weighted by molar-refractivity contribution is 0.619. The third-order valence-corrected chi connectivity index (χ3v) is 5.05. The van der Waals surface area contributed by atoms with Gasteiger partial charge in [-0.1, -0.05) is 18.2 Å². The van der Waals surface area contributed by atoms with Crippen LogP contribution in [0.1, 0.15) is 16.7 Å². The maximum atomic E-state index is 5.96. The molecule has 0 N–H and O–H groups in total. The van der Waals surface area contributed by atoms with E-state index in [1.165, 1.54) is 14.7 Å². The lowest BCUT2D eigenvalue weighted by atomic mass is 10.1. The Bertz CT molecular complexity index is 1070. The van der Waals surface area contributed by atoms with Gasteiger partial charge in [-0.3, -0.25) is 4.99 Å². The van der Waals surface area contributed by atoms with E-state index >= 15 is 0 Å². The summed E-state index contributed by atoms with van der Waals surface area (Å²) in [6.45, 7) is 4.17. The molecule has 0 bridgehead atoms. The molecule has 0 radical (unpaired) electrons. The summed E-state index contributed by atoms with van der Waals surface area (Å²) in [6, 6.07) is 20.3. The summed E-state index contributed by atoms with van der Waals surface area (Å²) in [5.41, 5.74) is 6.99. The van der Waals surface area contributed by atoms with Gasteiger partial charge in [0.25, 0.3) is 0 Å². The summed E-state index contributed by atoms with van der Waals surface area (Å²) in [6.07, 6.45) is 1.87. The van der Waals surface area contributed by atoms with Crippen LogP contribution in [0.15, 0.2) is 70.1 Å². The number of rotatable bonds is 3. The van der Waals surface area contributed by atoms with Crippen LogP contribution in [-0.4, -0.2) is 11.2 Å². The van der Waals surface area contributed by atoms with E-state index in [1.807, 2.05) is 36.5 Å². The summed E-state index contributed by atoms with van der Waals surface area (Å²) < 4.78 is 7.17. The molecular formula is C22H17IN2O. The molecule has 0 fully saturated rings. The third-order valence-electron chi connectivity index (χ3n) is 4.33. The van der Waals surface area contributed by atoms with E-state index in [0.717, 1.165) is 27.9 Å². The Morgan fingerprint density at radius 1 is 0.962 bits per heavy atom. The van der Waals surface area contributed by atoms with Gasteiger partial charge in [-0.05, 0) is 95.6 Å². The van der Waals surface area contributed by atoms with Crippen LogP contribution in [-0.2, 0) is 0 Å². The van der Waals surface area contributed by atoms with Crippen LogP contribution in [0.5, 0.6) is 0 Å². The molecule has 0 aliphatic heterocycles. The number of nitrogens with zero attached hydrogens (tertiary/aromatic N) is 2. The highest BCUT2D eigenvalue weighted by atomic mass is 127. The molecule has 26 heavy (non-hydrogen) atoms. The molecule has 0 saturated heterocycles. The monoisotopic (exact) mass is 452 g/mol. The largest absolute Gasteiger partial charge is 0.436 e. The van der Waals surface area contributed by atoms with Crippen molar-refractivity contribution in [3.05, 3.63) is 80.9 Å². The average molecular weight is 452 g/mol. The highest BCUT2D eigenvalue weighted by Crippen LogP contribution is 2.28. The van der Waals surface area contributed by atoms with Crippen molar-refractivity contribution in [2.75, 3.05) is 0 Å². The molecule has 3 nitrogen and oxygen atoms in total. The number of hydrogen-bond donors (Lipinski definition) is 0. The minimum absolute atomic E-state index is 0.622. The summed E-state index contributed by atoms with van der Waals surface area (Å²) >= 11 is 2.29. The van der Waals surface area contributed by atoms with Gasteiger partial charge < -0.3 is 4.42 Å². The molecule has 0 saturated carbocycles. The summed E-state index contributed by atoms with van der Waals surface area (Å²) in [5.74, 6) is 0.622. The van der Waals surface area contributed by atoms with Crippen molar-refractivity contribution in [1.82, 2.24) is 4.98 Å². The van der Waals surface area contributed by atoms with E-state index in [4.69, 9.17) is 4.42 Å². The predicted octanol–water partition coefficient (Wildman–Crippen LogP) is 6.47. The van der Waals surface area contributed by atoms with E-state index in [0.29, 0.717) is 5.89 Å². The van der Waals surface area contributed by atoms with Gasteiger partial charge in [-0.2, -0.15) is 0 Å². The first-order valence-electron chi connectivity index (χ1n) is 8.36. The second-order valence-corrected chi connectivity index (χ2v) is 7.53. The Balaban J connectivity index is 1.66. The first kappa shape index (κ1) is 17.0. The van der Waals surface area contributed by atoms with Crippen molar-refractivity contribution in [2.45, 2.75) is 13.8 Å². The van der Waals surface area contributed by atoms with Crippen LogP contribution in [0.3, 0.4) is 0 Å². The first-order chi connectivity index (χ1) is 12.6. The quantitative estimate of drug-likeness (QED) is 0.264. The lowest BCUT2D eigenvalue weighted by Crippen LogP contribution is -1.81. The van der Waals surface area contributed by atoms with Crippen molar-refractivity contribution < 1.29 is 4.42 Å². The molecule has 0 aliphatic carbocycles. The van der Waals surface area contributed by atoms with E-state index < -0.39 is 0 Å². The number of oxazole rings is 1. The molecular weight excluding hydrogens is 435 g/mol. The number of aryl methyl sites for hydroxylation is 2. The Labute approximate surface area is 165 Å². The molecule has 0 unspecified atom stereocenters. The second-order valence-electron chi connectivity index (χ2n) is 6.28. The zero-order chi connectivity index (χ0) is 18.1. The number of fused-ring (bicyclic) bond motifs is 1. The lowest BCUT2D eigenvalue weighted by Gasteiger charge is -1.98. The summed E-state index contributed by atoms with van der Waals surface area (Å²) in [5, 5.41) is 0. The van der Waals surface area contributed by atoms with Crippen LogP contribution in [0.4, 0.5) is 5.69 Å². The minimum Gasteiger partial charge on any atom is -0.436 e. The van der Waals surface area contributed by atoms with Crippen molar-refractivity contribution in [3.63, 3.8) is 0 Å². The molecule has 0 atom stereocenters. The number of halogens is 1. The number of hydrogen-bond acceptors (Lipinski definition) is 3. The summed E-state index contributed by atoms with van der Waals surface area (Å²) in [4.78, 5) is 9.21. The Kier molecular flexibility index (Phi) is 4.59. The van der Waals surface area contributed by atoms with Crippen LogP contribution >= 0.6 is 22.6 Å². The zero-order valence-electron chi connectivity index (χ0n) is 14.5. The van der Waals surface area contributed by atoms with Gasteiger partial charge in [0.15, 0.2) is 5.58 Å². The molecule has 0 aliphatic rings. The maximum absolute atomic E-state index is 5.96. The first-order valence-corrected chi connectivity index (χ1v) is 9.44. The smallest absolute Gasteiger partial charge is 0.227 e. The second kappa shape index (κ2) is 7.03. The molecule has 4 aromatic rings. The molecule has 4 rings (SSSR count). The highest BCUT2D eigenvalue weighted by molar-refractivity contribution is 14.1. The SMILES string of the molecule is Cc1cc2nc(-c3cccc(N=Cc4ccc(I)cc4)c3)oc2cc1C. The predicted molar refractivity (Wildman–Crippen MR) is 115 cm³/mol. The van der Waals surface area contributed by atoms with E-state index in [1.54, 1.807) is 0 Å². The van der Waals surface area contributed by atoms with Gasteiger partial charge in [0, 0.05) is 15.3 Å². The van der Waals surface area contributed by atoms with Crippen LogP contribution in [0.2, 0.25) is 0 Å². The molecule has 3 aromatic carbocycles. The van der Waals surface area contributed by atoms with Crippen molar-refractivity contribution in [1.29, 1.82) is 0 Å². The molecule has 128 valence electrons. The van der Waals surface area contributed by atoms with Gasteiger partial charge in [0.05, 0.1) is 5.69 Å². The van der Waals surface area contributed by atoms with Gasteiger partial charge in [0.1, 0.15) is 5.52 Å². The van der Waals surface area contributed by atoms with E-state index in [2.05, 4.69) is 76.7 Å². The standard InChI is InChI=1S/C22H17IN2O/c1-14-10-20-21(11-15(14)2)26-22(25-20)17-4-3-5-19(12-17)24-13-16-6-8-18(23)9-7-16/h3-13H,1-2H3. The molecule has 1 aromatic heterocycles. The van der Waals surface area contributed by atoms with Crippen LogP contribution in [0.25, 0.3) is 22.6 Å². The summed E-state index contributed by atoms with van der Waals surface area (Å²) in [7, 11) is 0. The average Bonchev–Trinajstić information content (AvgIpc) is 3.05.